The van der Waals surface area contributed by atoms with E-state index in [1.54, 1.807) is 6.07 Å². The fourth-order valence-corrected chi connectivity index (χ4v) is 5.97. The summed E-state index contributed by atoms with van der Waals surface area (Å²) >= 11 is 0. The van der Waals surface area contributed by atoms with Gasteiger partial charge in [0, 0.05) is 66.3 Å². The van der Waals surface area contributed by atoms with E-state index in [9.17, 15) is 18.0 Å². The van der Waals surface area contributed by atoms with Crippen molar-refractivity contribution in [3.63, 3.8) is 0 Å². The summed E-state index contributed by atoms with van der Waals surface area (Å²) in [5.74, 6) is 0. The molecular formula is C30H43F3N4O2. The third kappa shape index (κ3) is 7.44. The van der Waals surface area contributed by atoms with Crippen LogP contribution in [0.4, 0.5) is 13.2 Å². The summed E-state index contributed by atoms with van der Waals surface area (Å²) in [5, 5.41) is 4.25. The number of ether oxygens (including phenoxy) is 1. The number of aryl methyl sites for hydroxylation is 2. The predicted molar refractivity (Wildman–Crippen MR) is 152 cm³/mol. The summed E-state index contributed by atoms with van der Waals surface area (Å²) in [6.07, 6.45) is 4.32. The molecule has 3 heterocycles. The number of aromatic amines is 1. The van der Waals surface area contributed by atoms with Crippen molar-refractivity contribution < 1.29 is 17.9 Å². The number of unbranched alkanes of at least 4 members (excludes halogenated alkanes) is 6. The van der Waals surface area contributed by atoms with Crippen LogP contribution in [0.5, 0.6) is 0 Å². The molecule has 0 saturated carbocycles. The maximum Gasteiger partial charge on any atom is 0.417 e. The molecule has 0 amide bonds. The van der Waals surface area contributed by atoms with E-state index in [0.29, 0.717) is 11.5 Å². The van der Waals surface area contributed by atoms with Crippen LogP contribution in [-0.4, -0.2) is 60.4 Å². The molecule has 0 unspecified atom stereocenters. The minimum atomic E-state index is -4.60. The molecule has 1 aliphatic heterocycles. The Morgan fingerprint density at radius 3 is 2.33 bits per heavy atom. The van der Waals surface area contributed by atoms with Gasteiger partial charge in [-0.2, -0.15) is 13.2 Å². The molecule has 9 heteroatoms. The van der Waals surface area contributed by atoms with Crippen molar-refractivity contribution in [1.29, 1.82) is 0 Å². The monoisotopic (exact) mass is 548 g/mol. The number of nitrogens with one attached hydrogen (secondary N) is 2. The largest absolute Gasteiger partial charge is 0.417 e. The minimum Gasteiger partial charge on any atom is -0.379 e. The van der Waals surface area contributed by atoms with Gasteiger partial charge in [-0.15, -0.1) is 0 Å². The fourth-order valence-electron chi connectivity index (χ4n) is 5.97. The summed E-state index contributed by atoms with van der Waals surface area (Å²) in [6, 6.07) is 4.15. The van der Waals surface area contributed by atoms with Gasteiger partial charge in [-0.25, -0.2) is 0 Å². The molecule has 216 valence electrons. The van der Waals surface area contributed by atoms with Gasteiger partial charge in [0.25, 0.3) is 0 Å². The van der Waals surface area contributed by atoms with E-state index in [4.69, 9.17) is 4.74 Å². The quantitative estimate of drug-likeness (QED) is 0.242. The van der Waals surface area contributed by atoms with Crippen LogP contribution in [0.3, 0.4) is 0 Å². The van der Waals surface area contributed by atoms with Crippen LogP contribution in [0.25, 0.3) is 21.8 Å². The highest BCUT2D eigenvalue weighted by atomic mass is 19.4. The Balaban J connectivity index is 1.25. The second kappa shape index (κ2) is 13.8. The zero-order valence-corrected chi connectivity index (χ0v) is 23.4. The first-order valence-corrected chi connectivity index (χ1v) is 14.6. The highest BCUT2D eigenvalue weighted by Crippen LogP contribution is 2.39. The van der Waals surface area contributed by atoms with Gasteiger partial charge in [-0.05, 0) is 50.4 Å². The molecular weight excluding hydrogens is 505 g/mol. The van der Waals surface area contributed by atoms with E-state index in [1.165, 1.54) is 32.1 Å². The van der Waals surface area contributed by atoms with Gasteiger partial charge in [-0.1, -0.05) is 39.0 Å². The number of pyridine rings is 1. The van der Waals surface area contributed by atoms with E-state index in [0.717, 1.165) is 88.5 Å². The zero-order valence-electron chi connectivity index (χ0n) is 23.4. The number of benzene rings is 1. The first-order chi connectivity index (χ1) is 18.8. The number of morpholine rings is 1. The molecule has 0 spiro atoms. The molecule has 0 aliphatic carbocycles. The number of alkyl halides is 3. The lowest BCUT2D eigenvalue weighted by Crippen LogP contribution is -2.40. The van der Waals surface area contributed by atoms with Crippen LogP contribution in [0.2, 0.25) is 0 Å². The molecule has 1 saturated heterocycles. The van der Waals surface area contributed by atoms with E-state index < -0.39 is 17.3 Å². The summed E-state index contributed by atoms with van der Waals surface area (Å²) in [4.78, 5) is 17.0. The van der Waals surface area contributed by atoms with Gasteiger partial charge in [0.1, 0.15) is 0 Å². The van der Waals surface area contributed by atoms with E-state index in [-0.39, 0.29) is 10.9 Å². The number of hydrogen-bond donors (Lipinski definition) is 2. The fraction of sp³-hybridized carbons (Fsp3) is 0.633. The second-order valence-electron chi connectivity index (χ2n) is 10.7. The Morgan fingerprint density at radius 2 is 1.64 bits per heavy atom. The van der Waals surface area contributed by atoms with Crippen LogP contribution < -0.4 is 10.9 Å². The highest BCUT2D eigenvalue weighted by Gasteiger charge is 2.34. The first kappa shape index (κ1) is 29.6. The topological polar surface area (TPSA) is 62.3 Å². The molecule has 1 aromatic carbocycles. The van der Waals surface area contributed by atoms with E-state index >= 15 is 0 Å². The van der Waals surface area contributed by atoms with E-state index in [2.05, 4.69) is 19.8 Å². The summed E-state index contributed by atoms with van der Waals surface area (Å²) in [5.41, 5.74) is 1.39. The highest BCUT2D eigenvalue weighted by molar-refractivity contribution is 6.09. The number of halogens is 3. The van der Waals surface area contributed by atoms with Crippen LogP contribution in [0.1, 0.15) is 68.7 Å². The van der Waals surface area contributed by atoms with Gasteiger partial charge >= 0.3 is 6.18 Å². The number of H-pyrrole nitrogens is 1. The van der Waals surface area contributed by atoms with Crippen molar-refractivity contribution in [2.24, 2.45) is 0 Å². The van der Waals surface area contributed by atoms with Crippen LogP contribution >= 0.6 is 0 Å². The number of nitrogens with zero attached hydrogens (tertiary/aromatic N) is 2. The lowest BCUT2D eigenvalue weighted by molar-refractivity contribution is -0.136. The lowest BCUT2D eigenvalue weighted by atomic mass is 10.0. The molecule has 3 aromatic rings. The minimum absolute atomic E-state index is 0.0983. The number of hydrogen-bond acceptors (Lipinski definition) is 4. The van der Waals surface area contributed by atoms with Crippen molar-refractivity contribution in [2.45, 2.75) is 77.9 Å². The molecule has 1 aliphatic rings. The molecule has 0 bridgehead atoms. The Morgan fingerprint density at radius 1 is 0.949 bits per heavy atom. The maximum absolute atomic E-state index is 13.9. The smallest absolute Gasteiger partial charge is 0.379 e. The van der Waals surface area contributed by atoms with Crippen molar-refractivity contribution in [3.8, 4) is 0 Å². The normalized spacial score (nSPS) is 15.1. The number of aromatic nitrogens is 2. The van der Waals surface area contributed by atoms with Crippen molar-refractivity contribution in [2.75, 3.05) is 45.9 Å². The zero-order chi connectivity index (χ0) is 27.8. The maximum atomic E-state index is 13.9. The average Bonchev–Trinajstić information content (AvgIpc) is 3.19. The molecule has 0 radical (unpaired) electrons. The van der Waals surface area contributed by atoms with Crippen LogP contribution in [0.15, 0.2) is 23.0 Å². The Bertz CT molecular complexity index is 1280. The van der Waals surface area contributed by atoms with Gasteiger partial charge in [0.15, 0.2) is 0 Å². The van der Waals surface area contributed by atoms with Crippen LogP contribution in [0, 0.1) is 6.92 Å². The third-order valence-corrected chi connectivity index (χ3v) is 7.99. The molecule has 1 fully saturated rings. The summed E-state index contributed by atoms with van der Waals surface area (Å²) < 4.78 is 49.3. The Labute approximate surface area is 228 Å². The first-order valence-electron chi connectivity index (χ1n) is 14.6. The van der Waals surface area contributed by atoms with Crippen molar-refractivity contribution in [1.82, 2.24) is 19.8 Å². The standard InChI is InChI=1S/C30H43F3N4O2/c1-3-25-22(2)28-26(12-11-24-29(28)23(30(31,32)33)21-27(38)35-24)37(25)15-10-8-6-4-5-7-9-13-34-14-16-36-17-19-39-20-18-36/h11-12,21,34H,3-10,13-20H2,1-2H3,(H,35,38). The van der Waals surface area contributed by atoms with Gasteiger partial charge in [-0.3, -0.25) is 9.69 Å². The molecule has 2 N–H and O–H groups in total. The third-order valence-electron chi connectivity index (χ3n) is 7.99. The molecule has 0 atom stereocenters. The second-order valence-corrected chi connectivity index (χ2v) is 10.7. The van der Waals surface area contributed by atoms with E-state index in [1.807, 2.05) is 19.9 Å². The predicted octanol–water partition coefficient (Wildman–Crippen LogP) is 6.02. The average molecular weight is 549 g/mol. The molecule has 6 nitrogen and oxygen atoms in total. The summed E-state index contributed by atoms with van der Waals surface area (Å²) in [7, 11) is 0. The van der Waals surface area contributed by atoms with Crippen molar-refractivity contribution in [3.05, 3.63) is 45.4 Å². The van der Waals surface area contributed by atoms with Crippen LogP contribution in [-0.2, 0) is 23.9 Å². The number of rotatable bonds is 14. The van der Waals surface area contributed by atoms with Gasteiger partial charge < -0.3 is 19.6 Å². The summed E-state index contributed by atoms with van der Waals surface area (Å²) in [6.45, 7) is 11.7. The van der Waals surface area contributed by atoms with Gasteiger partial charge in [0.05, 0.1) is 18.8 Å². The molecule has 2 aromatic heterocycles. The lowest BCUT2D eigenvalue weighted by Gasteiger charge is -2.26. The molecule has 4 rings (SSSR count). The Kier molecular flexibility index (Phi) is 10.5. The number of fused-ring (bicyclic) bond motifs is 3. The van der Waals surface area contributed by atoms with Crippen molar-refractivity contribution >= 4 is 21.8 Å². The SMILES string of the molecule is CCc1c(C)c2c3c(C(F)(F)F)cc(=O)[nH]c3ccc2n1CCCCCCCCCNCCN1CCOCC1. The molecule has 39 heavy (non-hydrogen) atoms. The Hall–Kier alpha value is -2.36. The van der Waals surface area contributed by atoms with Gasteiger partial charge in [0.2, 0.25) is 5.56 Å².